The molecule has 1 heterocycles. The summed E-state index contributed by atoms with van der Waals surface area (Å²) in [5.41, 5.74) is 0.620. The summed E-state index contributed by atoms with van der Waals surface area (Å²) in [6.07, 6.45) is 17.2. The van der Waals surface area contributed by atoms with Gasteiger partial charge >= 0.3 is 0 Å². The minimum absolute atomic E-state index is 0.0448. The fourth-order valence-corrected chi connectivity index (χ4v) is 5.36. The van der Waals surface area contributed by atoms with Crippen LogP contribution in [0, 0.1) is 5.82 Å². The van der Waals surface area contributed by atoms with Crippen LogP contribution in [-0.4, -0.2) is 28.2 Å². The molecule has 0 saturated carbocycles. The number of nitrogens with zero attached hydrogens (tertiary/aromatic N) is 1. The minimum Gasteiger partial charge on any atom is -0.507 e. The van der Waals surface area contributed by atoms with Gasteiger partial charge in [-0.25, -0.2) is 4.39 Å². The molecule has 2 aromatic rings. The first-order valence-electron chi connectivity index (χ1n) is 14.6. The third kappa shape index (κ3) is 8.28. The molecule has 1 fully saturated rings. The maximum atomic E-state index is 14.9. The van der Waals surface area contributed by atoms with Gasteiger partial charge in [-0.1, -0.05) is 139 Å². The van der Waals surface area contributed by atoms with Gasteiger partial charge in [0.2, 0.25) is 0 Å². The number of amides is 1. The van der Waals surface area contributed by atoms with E-state index in [4.69, 9.17) is 0 Å². The highest BCUT2D eigenvalue weighted by Crippen LogP contribution is 2.40. The van der Waals surface area contributed by atoms with E-state index in [0.29, 0.717) is 12.1 Å². The van der Waals surface area contributed by atoms with Gasteiger partial charge in [-0.15, -0.1) is 0 Å². The zero-order valence-corrected chi connectivity index (χ0v) is 23.0. The van der Waals surface area contributed by atoms with Crippen LogP contribution in [0.3, 0.4) is 0 Å². The summed E-state index contributed by atoms with van der Waals surface area (Å²) in [6.45, 7) is 2.61. The summed E-state index contributed by atoms with van der Waals surface area (Å²) >= 11 is 0. The number of carbonyl (C=O) groups is 2. The zero-order chi connectivity index (χ0) is 27.2. The van der Waals surface area contributed by atoms with Gasteiger partial charge in [0.1, 0.15) is 11.6 Å². The first-order chi connectivity index (χ1) is 18.6. The number of hydrogen-bond acceptors (Lipinski definition) is 3. The molecule has 5 heteroatoms. The van der Waals surface area contributed by atoms with Crippen LogP contribution in [0.1, 0.15) is 114 Å². The lowest BCUT2D eigenvalue weighted by Crippen LogP contribution is -2.31. The Morgan fingerprint density at radius 3 is 1.79 bits per heavy atom. The zero-order valence-electron chi connectivity index (χ0n) is 23.0. The fourth-order valence-electron chi connectivity index (χ4n) is 5.36. The van der Waals surface area contributed by atoms with Gasteiger partial charge in [0, 0.05) is 17.7 Å². The Morgan fingerprint density at radius 1 is 0.737 bits per heavy atom. The summed E-state index contributed by atoms with van der Waals surface area (Å²) in [4.78, 5) is 27.5. The number of ketones is 1. The Morgan fingerprint density at radius 2 is 1.24 bits per heavy atom. The van der Waals surface area contributed by atoms with Gasteiger partial charge in [-0.2, -0.15) is 0 Å². The second-order valence-corrected chi connectivity index (χ2v) is 10.5. The summed E-state index contributed by atoms with van der Waals surface area (Å²) in [7, 11) is 0. The molecule has 38 heavy (non-hydrogen) atoms. The molecular weight excluding hydrogens is 477 g/mol. The topological polar surface area (TPSA) is 57.6 Å². The van der Waals surface area contributed by atoms with Crippen molar-refractivity contribution in [3.63, 3.8) is 0 Å². The first-order valence-corrected chi connectivity index (χ1v) is 14.6. The van der Waals surface area contributed by atoms with E-state index in [9.17, 15) is 19.1 Å². The Balaban J connectivity index is 1.51. The lowest BCUT2D eigenvalue weighted by atomic mass is 9.95. The molecule has 1 saturated heterocycles. The van der Waals surface area contributed by atoms with Gasteiger partial charge in [0.05, 0.1) is 11.6 Å². The Kier molecular flexibility index (Phi) is 12.5. The SMILES string of the molecule is CCCCCCCCCCCCCCCCN1C(=O)C(=O)/C(=C(/O)c2ccccc2)[C@H]1c1ccccc1F. The number of rotatable bonds is 17. The molecular formula is C33H44FNO3. The monoisotopic (exact) mass is 521 g/mol. The molecule has 1 aliphatic rings. The van der Waals surface area contributed by atoms with Crippen LogP contribution in [0.2, 0.25) is 0 Å². The molecule has 0 radical (unpaired) electrons. The van der Waals surface area contributed by atoms with Gasteiger partial charge in [-0.3, -0.25) is 9.59 Å². The van der Waals surface area contributed by atoms with Crippen LogP contribution in [0.25, 0.3) is 5.76 Å². The average Bonchev–Trinajstić information content (AvgIpc) is 3.18. The smallest absolute Gasteiger partial charge is 0.295 e. The number of Topliss-reactive ketones (excluding diaryl/α,β-unsaturated/α-hetero) is 1. The van der Waals surface area contributed by atoms with E-state index in [1.807, 2.05) is 0 Å². The minimum atomic E-state index is -0.932. The largest absolute Gasteiger partial charge is 0.507 e. The van der Waals surface area contributed by atoms with Crippen molar-refractivity contribution in [2.24, 2.45) is 0 Å². The van der Waals surface area contributed by atoms with E-state index in [1.165, 1.54) is 81.6 Å². The Labute approximate surface area is 227 Å². The van der Waals surface area contributed by atoms with Crippen LogP contribution in [0.15, 0.2) is 60.2 Å². The third-order valence-corrected chi connectivity index (χ3v) is 7.54. The van der Waals surface area contributed by atoms with Crippen LogP contribution >= 0.6 is 0 Å². The molecule has 0 aromatic heterocycles. The molecule has 0 aliphatic carbocycles. The Bertz CT molecular complexity index is 1050. The van der Waals surface area contributed by atoms with Gasteiger partial charge in [0.15, 0.2) is 0 Å². The van der Waals surface area contributed by atoms with Crippen molar-refractivity contribution in [3.8, 4) is 0 Å². The molecule has 0 unspecified atom stereocenters. The van der Waals surface area contributed by atoms with E-state index < -0.39 is 23.5 Å². The summed E-state index contributed by atoms with van der Waals surface area (Å²) in [6, 6.07) is 13.9. The lowest BCUT2D eigenvalue weighted by Gasteiger charge is -2.25. The second kappa shape index (κ2) is 16.1. The third-order valence-electron chi connectivity index (χ3n) is 7.54. The van der Waals surface area contributed by atoms with Crippen molar-refractivity contribution >= 4 is 17.4 Å². The van der Waals surface area contributed by atoms with Crippen molar-refractivity contribution in [2.75, 3.05) is 6.54 Å². The molecule has 206 valence electrons. The number of unbranched alkanes of at least 4 members (excludes halogenated alkanes) is 13. The van der Waals surface area contributed by atoms with Crippen molar-refractivity contribution in [2.45, 2.75) is 103 Å². The quantitative estimate of drug-likeness (QED) is 0.0980. The summed E-state index contributed by atoms with van der Waals surface area (Å²) in [5, 5.41) is 11.0. The van der Waals surface area contributed by atoms with Gasteiger partial charge in [-0.05, 0) is 12.5 Å². The molecule has 1 N–H and O–H groups in total. The van der Waals surface area contributed by atoms with Crippen LogP contribution in [-0.2, 0) is 9.59 Å². The highest BCUT2D eigenvalue weighted by Gasteiger charge is 2.46. The van der Waals surface area contributed by atoms with Crippen LogP contribution in [0.4, 0.5) is 4.39 Å². The number of hydrogen-bond donors (Lipinski definition) is 1. The maximum absolute atomic E-state index is 14.9. The molecule has 1 atom stereocenters. The van der Waals surface area contributed by atoms with E-state index in [2.05, 4.69) is 6.92 Å². The van der Waals surface area contributed by atoms with Crippen LogP contribution < -0.4 is 0 Å². The normalized spacial score (nSPS) is 16.9. The first kappa shape index (κ1) is 29.6. The van der Waals surface area contributed by atoms with E-state index in [1.54, 1.807) is 48.5 Å². The van der Waals surface area contributed by atoms with E-state index >= 15 is 0 Å². The standard InChI is InChI=1S/C33H44FNO3/c1-2-3-4-5-6-7-8-9-10-11-12-13-14-20-25-35-30(27-23-18-19-24-28(27)34)29(32(37)33(35)38)31(36)26-21-16-15-17-22-26/h15-19,21-24,30,36H,2-14,20,25H2,1H3/b31-29+/t30-/m1/s1. The average molecular weight is 522 g/mol. The molecule has 0 spiro atoms. The number of aliphatic hydroxyl groups is 1. The van der Waals surface area contributed by atoms with Crippen molar-refractivity contribution in [3.05, 3.63) is 77.1 Å². The molecule has 1 amide bonds. The van der Waals surface area contributed by atoms with Crippen molar-refractivity contribution in [1.29, 1.82) is 0 Å². The number of likely N-dealkylation sites (tertiary alicyclic amines) is 1. The highest BCUT2D eigenvalue weighted by molar-refractivity contribution is 6.46. The number of benzene rings is 2. The molecule has 4 nitrogen and oxygen atoms in total. The highest BCUT2D eigenvalue weighted by atomic mass is 19.1. The predicted octanol–water partition coefficient (Wildman–Crippen LogP) is 8.73. The van der Waals surface area contributed by atoms with E-state index in [-0.39, 0.29) is 16.9 Å². The van der Waals surface area contributed by atoms with Crippen molar-refractivity contribution < 1.29 is 19.1 Å². The summed E-state index contributed by atoms with van der Waals surface area (Å²) < 4.78 is 14.9. The summed E-state index contributed by atoms with van der Waals surface area (Å²) in [5.74, 6) is -2.19. The van der Waals surface area contributed by atoms with Gasteiger partial charge < -0.3 is 10.0 Å². The fraction of sp³-hybridized carbons (Fsp3) is 0.515. The lowest BCUT2D eigenvalue weighted by molar-refractivity contribution is -0.140. The molecule has 0 bridgehead atoms. The second-order valence-electron chi connectivity index (χ2n) is 10.5. The molecule has 3 rings (SSSR count). The number of carbonyl (C=O) groups excluding carboxylic acids is 2. The number of halogens is 1. The van der Waals surface area contributed by atoms with Crippen LogP contribution in [0.5, 0.6) is 0 Å². The predicted molar refractivity (Wildman–Crippen MR) is 152 cm³/mol. The van der Waals surface area contributed by atoms with Gasteiger partial charge in [0.25, 0.3) is 11.7 Å². The number of aliphatic hydroxyl groups excluding tert-OH is 1. The molecule has 2 aromatic carbocycles. The maximum Gasteiger partial charge on any atom is 0.295 e. The van der Waals surface area contributed by atoms with E-state index in [0.717, 1.165) is 19.3 Å². The molecule has 1 aliphatic heterocycles. The van der Waals surface area contributed by atoms with Crippen molar-refractivity contribution in [1.82, 2.24) is 4.90 Å². The Hall–Kier alpha value is -2.95.